The number of rotatable bonds is 8. The molecule has 1 saturated heterocycles. The Balaban J connectivity index is 1.56. The van der Waals surface area contributed by atoms with E-state index in [9.17, 15) is 10.3 Å². The molecule has 3 heterocycles. The van der Waals surface area contributed by atoms with Crippen LogP contribution in [0.4, 0.5) is 5.95 Å². The van der Waals surface area contributed by atoms with E-state index in [1.54, 1.807) is 4.57 Å². The van der Waals surface area contributed by atoms with Gasteiger partial charge in [0.2, 0.25) is 5.95 Å². The number of methoxy groups -OCH3 is 1. The Labute approximate surface area is 231 Å². The fourth-order valence-corrected chi connectivity index (χ4v) is 10.2. The lowest BCUT2D eigenvalue weighted by Gasteiger charge is -2.43. The Morgan fingerprint density at radius 1 is 1.15 bits per heavy atom. The molecule has 1 unspecified atom stereocenters. The van der Waals surface area contributed by atoms with Crippen LogP contribution in [0.15, 0.2) is 76.9 Å². The lowest BCUT2D eigenvalue weighted by atomic mass is 10.1. The Kier molecular flexibility index (Phi) is 7.49. The van der Waals surface area contributed by atoms with Gasteiger partial charge in [0.05, 0.1) is 25.1 Å². The van der Waals surface area contributed by atoms with Crippen LogP contribution in [0.25, 0.3) is 21.6 Å². The molecule has 3 N–H and O–H groups in total. The first kappa shape index (κ1) is 27.6. The smallest absolute Gasteiger partial charge is 0.280 e. The number of nitrogens with two attached hydrogens (primary N) is 1. The summed E-state index contributed by atoms with van der Waals surface area (Å²) in [5, 5.41) is 6.04. The predicted octanol–water partition coefficient (Wildman–Crippen LogP) is 2.87. The normalized spacial score (nSPS) is 21.4. The number of aromatic amines is 1. The molecule has 1 fully saturated rings. The van der Waals surface area contributed by atoms with E-state index in [2.05, 4.69) is 70.0 Å². The van der Waals surface area contributed by atoms with Crippen LogP contribution >= 0.6 is 0 Å². The molecule has 0 saturated carbocycles. The number of H-pyrrole nitrogens is 1. The van der Waals surface area contributed by atoms with Crippen LogP contribution in [0.3, 0.4) is 0 Å². The quantitative estimate of drug-likeness (QED) is 0.145. The molecule has 1 aliphatic heterocycles. The molecule has 4 aromatic rings. The molecule has 0 radical (unpaired) electrons. The van der Waals surface area contributed by atoms with E-state index in [4.69, 9.17) is 19.6 Å². The first-order valence-corrected chi connectivity index (χ1v) is 14.8. The Morgan fingerprint density at radius 3 is 2.33 bits per heavy atom. The first-order chi connectivity index (χ1) is 19.2. The second kappa shape index (κ2) is 10.9. The molecule has 208 valence electrons. The summed E-state index contributed by atoms with van der Waals surface area (Å²) < 4.78 is 20.9. The van der Waals surface area contributed by atoms with Crippen molar-refractivity contribution in [3.8, 4) is 0 Å². The highest BCUT2D eigenvalue weighted by molar-refractivity contribution is 6.99. The molecular formula is C27H32N8O4Si. The van der Waals surface area contributed by atoms with E-state index in [1.807, 2.05) is 36.4 Å². The number of nitrogens with one attached hydrogen (secondary N) is 1. The third kappa shape index (κ3) is 4.67. The van der Waals surface area contributed by atoms with Crippen molar-refractivity contribution in [1.29, 1.82) is 0 Å². The van der Waals surface area contributed by atoms with Crippen LogP contribution in [-0.4, -0.2) is 59.8 Å². The minimum atomic E-state index is -2.90. The van der Waals surface area contributed by atoms with E-state index < -0.39 is 38.4 Å². The molecule has 0 bridgehead atoms. The van der Waals surface area contributed by atoms with E-state index in [0.29, 0.717) is 0 Å². The van der Waals surface area contributed by atoms with Gasteiger partial charge in [-0.1, -0.05) is 86.5 Å². The number of hydrogen-bond acceptors (Lipinski definition) is 8. The van der Waals surface area contributed by atoms with Gasteiger partial charge >= 0.3 is 0 Å². The largest absolute Gasteiger partial charge is 0.405 e. The monoisotopic (exact) mass is 560 g/mol. The first-order valence-electron chi connectivity index (χ1n) is 12.9. The zero-order valence-electron chi connectivity index (χ0n) is 22.8. The van der Waals surface area contributed by atoms with Gasteiger partial charge in [-0.3, -0.25) is 14.3 Å². The minimum absolute atomic E-state index is 0.0515. The third-order valence-corrected chi connectivity index (χ3v) is 12.4. The Bertz CT molecular complexity index is 1540. The summed E-state index contributed by atoms with van der Waals surface area (Å²) in [5.74, 6) is -0.0515. The summed E-state index contributed by atoms with van der Waals surface area (Å²) in [7, 11) is -1.38. The number of aromatic nitrogens is 4. The van der Waals surface area contributed by atoms with E-state index in [0.717, 1.165) is 10.4 Å². The van der Waals surface area contributed by atoms with Crippen molar-refractivity contribution >= 4 is 35.8 Å². The molecular weight excluding hydrogens is 528 g/mol. The second-order valence-corrected chi connectivity index (χ2v) is 15.0. The van der Waals surface area contributed by atoms with Gasteiger partial charge in [0.25, 0.3) is 13.9 Å². The zero-order chi connectivity index (χ0) is 28.5. The molecule has 4 atom stereocenters. The Morgan fingerprint density at radius 2 is 1.77 bits per heavy atom. The molecule has 0 spiro atoms. The van der Waals surface area contributed by atoms with Crippen LogP contribution < -0.4 is 21.7 Å². The number of hydrogen-bond donors (Lipinski definition) is 2. The van der Waals surface area contributed by atoms with Crippen LogP contribution in [0.1, 0.15) is 27.0 Å². The van der Waals surface area contributed by atoms with Crippen molar-refractivity contribution in [2.24, 2.45) is 5.11 Å². The third-order valence-electron chi connectivity index (χ3n) is 7.38. The summed E-state index contributed by atoms with van der Waals surface area (Å²) in [6.45, 7) is 6.69. The van der Waals surface area contributed by atoms with Crippen molar-refractivity contribution in [1.82, 2.24) is 19.5 Å². The van der Waals surface area contributed by atoms with Gasteiger partial charge in [-0.15, -0.1) is 0 Å². The van der Waals surface area contributed by atoms with E-state index in [-0.39, 0.29) is 28.8 Å². The molecule has 13 heteroatoms. The number of imidazole rings is 1. The maximum Gasteiger partial charge on any atom is 0.280 e. The van der Waals surface area contributed by atoms with Gasteiger partial charge in [-0.25, -0.2) is 4.98 Å². The molecule has 0 amide bonds. The van der Waals surface area contributed by atoms with Crippen LogP contribution in [0.5, 0.6) is 0 Å². The van der Waals surface area contributed by atoms with Crippen molar-refractivity contribution in [2.45, 2.75) is 50.3 Å². The minimum Gasteiger partial charge on any atom is -0.405 e. The molecule has 2 aromatic carbocycles. The fraction of sp³-hybridized carbons (Fsp3) is 0.370. The van der Waals surface area contributed by atoms with Crippen molar-refractivity contribution in [3.63, 3.8) is 0 Å². The molecule has 5 rings (SSSR count). The summed E-state index contributed by atoms with van der Waals surface area (Å²) in [6, 6.07) is 19.8. The van der Waals surface area contributed by atoms with Crippen LogP contribution in [0, 0.1) is 0 Å². The van der Waals surface area contributed by atoms with Crippen molar-refractivity contribution in [2.75, 3.05) is 19.5 Å². The van der Waals surface area contributed by atoms with Crippen LogP contribution in [-0.2, 0) is 13.9 Å². The average molecular weight is 561 g/mol. The number of nitrogen functional groups attached to an aromatic ring is 1. The topological polar surface area (TPSA) is 166 Å². The average Bonchev–Trinajstić information content (AvgIpc) is 3.51. The van der Waals surface area contributed by atoms with Gasteiger partial charge < -0.3 is 19.6 Å². The molecule has 2 aromatic heterocycles. The molecule has 40 heavy (non-hydrogen) atoms. The summed E-state index contributed by atoms with van der Waals surface area (Å²) >= 11 is 0. The second-order valence-electron chi connectivity index (χ2n) is 10.7. The number of anilines is 1. The maximum absolute atomic E-state index is 12.4. The number of azide groups is 1. The van der Waals surface area contributed by atoms with Gasteiger partial charge in [0, 0.05) is 12.0 Å². The van der Waals surface area contributed by atoms with Gasteiger partial charge in [0.1, 0.15) is 6.10 Å². The van der Waals surface area contributed by atoms with Gasteiger partial charge in [0.15, 0.2) is 17.4 Å². The lowest BCUT2D eigenvalue weighted by molar-refractivity contribution is -0.0567. The summed E-state index contributed by atoms with van der Waals surface area (Å²) in [5.41, 5.74) is 15.1. The number of nitrogens with zero attached hydrogens (tertiary/aromatic N) is 6. The van der Waals surface area contributed by atoms with Crippen LogP contribution in [0.2, 0.25) is 5.04 Å². The Hall–Kier alpha value is -4.00. The summed E-state index contributed by atoms with van der Waals surface area (Å²) in [6.07, 6.45) is -0.721. The molecule has 0 aliphatic carbocycles. The molecule has 1 aliphatic rings. The number of ether oxygens (including phenoxy) is 2. The fourth-order valence-electron chi connectivity index (χ4n) is 5.63. The summed E-state index contributed by atoms with van der Waals surface area (Å²) in [4.78, 5) is 26.4. The van der Waals surface area contributed by atoms with Crippen molar-refractivity contribution < 1.29 is 13.9 Å². The standard InChI is InChI=1S/C27H32N8O4Si/c1-27(2,3)40(17-11-7-5-8-12-17,18-13-9-6-10-14-18)38-15-19-20(33-34-29)22(37-4)25(39-19)35-16-30-21-23(35)31-26(28)32-24(21)36/h5-14,16,19-20,22,25H,15H2,1-4H3,(H3,28,31,32,36)/t19-,20+,22?,25-/m1/s1. The van der Waals surface area contributed by atoms with Gasteiger partial charge in [-0.05, 0) is 20.9 Å². The molecule has 12 nitrogen and oxygen atoms in total. The lowest BCUT2D eigenvalue weighted by Crippen LogP contribution is -2.67. The van der Waals surface area contributed by atoms with E-state index in [1.165, 1.54) is 13.4 Å². The zero-order valence-corrected chi connectivity index (χ0v) is 23.8. The van der Waals surface area contributed by atoms with E-state index >= 15 is 0 Å². The highest BCUT2D eigenvalue weighted by atomic mass is 28.4. The number of benzene rings is 2. The SMILES string of the molecule is COC1[C@@H](N=[N+]=[N-])[C@@H](CO[Si](c2ccccc2)(c2ccccc2)C(C)(C)C)O[C@H]1n1cnc2c(=O)[nH]c(N)nc21. The maximum atomic E-state index is 12.4. The highest BCUT2D eigenvalue weighted by Crippen LogP contribution is 2.39. The van der Waals surface area contributed by atoms with Crippen molar-refractivity contribution in [3.05, 3.63) is 87.8 Å². The van der Waals surface area contributed by atoms with Gasteiger partial charge in [-0.2, -0.15) is 4.98 Å². The number of fused-ring (bicyclic) bond motifs is 1. The predicted molar refractivity (Wildman–Crippen MR) is 154 cm³/mol. The highest BCUT2D eigenvalue weighted by Gasteiger charge is 2.52.